The van der Waals surface area contributed by atoms with Gasteiger partial charge in [0.1, 0.15) is 11.6 Å². The van der Waals surface area contributed by atoms with E-state index in [1.165, 1.54) is 6.20 Å². The zero-order chi connectivity index (χ0) is 12.7. The van der Waals surface area contributed by atoms with Gasteiger partial charge in [-0.3, -0.25) is 0 Å². The van der Waals surface area contributed by atoms with Gasteiger partial charge in [0, 0.05) is 25.7 Å². The maximum absolute atomic E-state index is 13.2. The molecule has 0 aliphatic rings. The molecule has 0 aliphatic heterocycles. The Balaban J connectivity index is 2.79. The Morgan fingerprint density at radius 3 is 2.76 bits per heavy atom. The van der Waals surface area contributed by atoms with Crippen LogP contribution in [0.5, 0.6) is 0 Å². The van der Waals surface area contributed by atoms with Crippen molar-refractivity contribution < 1.29 is 4.39 Å². The molecule has 1 aromatic rings. The zero-order valence-corrected chi connectivity index (χ0v) is 11.0. The summed E-state index contributed by atoms with van der Waals surface area (Å²) in [6.07, 6.45) is 3.41. The Morgan fingerprint density at radius 1 is 1.35 bits per heavy atom. The minimum absolute atomic E-state index is 0.271. The first-order valence-corrected chi connectivity index (χ1v) is 6.25. The van der Waals surface area contributed by atoms with E-state index in [0.717, 1.165) is 37.3 Å². The van der Waals surface area contributed by atoms with Crippen LogP contribution in [0.1, 0.15) is 32.3 Å². The van der Waals surface area contributed by atoms with E-state index in [-0.39, 0.29) is 5.82 Å². The van der Waals surface area contributed by atoms with Crippen LogP contribution in [0, 0.1) is 5.82 Å². The van der Waals surface area contributed by atoms with Gasteiger partial charge >= 0.3 is 0 Å². The molecule has 1 heterocycles. The van der Waals surface area contributed by atoms with E-state index in [1.807, 2.05) is 7.05 Å². The molecule has 1 N–H and O–H groups in total. The second kappa shape index (κ2) is 7.22. The number of hydrogen-bond acceptors (Lipinski definition) is 3. The zero-order valence-electron chi connectivity index (χ0n) is 11.0. The first-order valence-electron chi connectivity index (χ1n) is 6.25. The maximum atomic E-state index is 13.2. The second-order valence-corrected chi connectivity index (χ2v) is 4.23. The van der Waals surface area contributed by atoms with Gasteiger partial charge in [-0.2, -0.15) is 0 Å². The number of anilines is 1. The van der Waals surface area contributed by atoms with Gasteiger partial charge in [0.15, 0.2) is 0 Å². The minimum Gasteiger partial charge on any atom is -0.359 e. The first kappa shape index (κ1) is 13.9. The number of nitrogens with one attached hydrogen (secondary N) is 1. The van der Waals surface area contributed by atoms with E-state index in [9.17, 15) is 4.39 Å². The Hall–Kier alpha value is -1.16. The molecule has 0 saturated carbocycles. The smallest absolute Gasteiger partial charge is 0.141 e. The highest BCUT2D eigenvalue weighted by molar-refractivity contribution is 5.46. The van der Waals surface area contributed by atoms with Crippen molar-refractivity contribution in [2.24, 2.45) is 0 Å². The lowest BCUT2D eigenvalue weighted by Gasteiger charge is -2.20. The molecule has 0 radical (unpaired) electrons. The van der Waals surface area contributed by atoms with Gasteiger partial charge in [-0.15, -0.1) is 0 Å². The number of hydrogen-bond donors (Lipinski definition) is 1. The van der Waals surface area contributed by atoms with Crippen LogP contribution in [0.25, 0.3) is 0 Å². The van der Waals surface area contributed by atoms with E-state index < -0.39 is 0 Å². The Bertz CT molecular complexity index is 341. The topological polar surface area (TPSA) is 28.2 Å². The van der Waals surface area contributed by atoms with E-state index in [4.69, 9.17) is 0 Å². The van der Waals surface area contributed by atoms with Gasteiger partial charge in [0.05, 0.1) is 6.20 Å². The molecule has 3 nitrogen and oxygen atoms in total. The summed E-state index contributed by atoms with van der Waals surface area (Å²) in [4.78, 5) is 6.26. The molecule has 0 fully saturated rings. The normalized spacial score (nSPS) is 10.6. The lowest BCUT2D eigenvalue weighted by atomic mass is 10.2. The fourth-order valence-electron chi connectivity index (χ4n) is 1.79. The lowest BCUT2D eigenvalue weighted by molar-refractivity contribution is 0.610. The average Bonchev–Trinajstić information content (AvgIpc) is 2.30. The molecule has 0 unspecified atom stereocenters. The Kier molecular flexibility index (Phi) is 5.91. The van der Waals surface area contributed by atoms with Crippen LogP contribution in [0.3, 0.4) is 0 Å². The Morgan fingerprint density at radius 2 is 2.12 bits per heavy atom. The van der Waals surface area contributed by atoms with Gasteiger partial charge < -0.3 is 10.2 Å². The van der Waals surface area contributed by atoms with Crippen molar-refractivity contribution in [2.45, 2.75) is 33.2 Å². The van der Waals surface area contributed by atoms with E-state index in [1.54, 1.807) is 6.07 Å². The molecule has 0 amide bonds. The van der Waals surface area contributed by atoms with Crippen molar-refractivity contribution >= 4 is 5.82 Å². The van der Waals surface area contributed by atoms with Gasteiger partial charge in [0.25, 0.3) is 0 Å². The standard InChI is InChI=1S/C13H22FN3/c1-4-6-15-9-11-8-12(14)10-16-13(11)17(3)7-5-2/h8,10,15H,4-7,9H2,1-3H3. The van der Waals surface area contributed by atoms with Crippen molar-refractivity contribution in [3.05, 3.63) is 23.6 Å². The minimum atomic E-state index is -0.271. The summed E-state index contributed by atoms with van der Waals surface area (Å²) >= 11 is 0. The molecule has 0 saturated heterocycles. The quantitative estimate of drug-likeness (QED) is 0.741. The molecule has 96 valence electrons. The second-order valence-electron chi connectivity index (χ2n) is 4.23. The van der Waals surface area contributed by atoms with Crippen LogP contribution in [0.2, 0.25) is 0 Å². The van der Waals surface area contributed by atoms with Gasteiger partial charge in [-0.1, -0.05) is 13.8 Å². The average molecular weight is 239 g/mol. The predicted octanol–water partition coefficient (Wildman–Crippen LogP) is 2.57. The summed E-state index contributed by atoms with van der Waals surface area (Å²) in [5.74, 6) is 0.601. The number of halogens is 1. The van der Waals surface area contributed by atoms with Gasteiger partial charge in [-0.05, 0) is 25.5 Å². The first-order chi connectivity index (χ1) is 8.19. The fraction of sp³-hybridized carbons (Fsp3) is 0.615. The number of aromatic nitrogens is 1. The van der Waals surface area contributed by atoms with Gasteiger partial charge in [0.2, 0.25) is 0 Å². The third kappa shape index (κ3) is 4.30. The molecule has 1 aromatic heterocycles. The van der Waals surface area contributed by atoms with Crippen LogP contribution in [0.4, 0.5) is 10.2 Å². The molecule has 4 heteroatoms. The number of pyridine rings is 1. The Labute approximate surface area is 103 Å². The van der Waals surface area contributed by atoms with E-state index in [2.05, 4.69) is 29.0 Å². The van der Waals surface area contributed by atoms with Gasteiger partial charge in [-0.25, -0.2) is 9.37 Å². The largest absolute Gasteiger partial charge is 0.359 e. The van der Waals surface area contributed by atoms with E-state index in [0.29, 0.717) is 6.54 Å². The van der Waals surface area contributed by atoms with Crippen LogP contribution in [0.15, 0.2) is 12.3 Å². The summed E-state index contributed by atoms with van der Waals surface area (Å²) in [7, 11) is 1.99. The highest BCUT2D eigenvalue weighted by atomic mass is 19.1. The highest BCUT2D eigenvalue weighted by Crippen LogP contribution is 2.17. The SMILES string of the molecule is CCCNCc1cc(F)cnc1N(C)CCC. The fourth-order valence-corrected chi connectivity index (χ4v) is 1.79. The molecule has 1 rings (SSSR count). The summed E-state index contributed by atoms with van der Waals surface area (Å²) in [5, 5.41) is 3.28. The van der Waals surface area contributed by atoms with Crippen molar-refractivity contribution in [2.75, 3.05) is 25.0 Å². The van der Waals surface area contributed by atoms with Crippen molar-refractivity contribution in [3.8, 4) is 0 Å². The molecule has 0 bridgehead atoms. The van der Waals surface area contributed by atoms with E-state index >= 15 is 0 Å². The summed E-state index contributed by atoms with van der Waals surface area (Å²) < 4.78 is 13.2. The third-order valence-electron chi connectivity index (χ3n) is 2.57. The molecule has 0 aliphatic carbocycles. The number of nitrogens with zero attached hydrogens (tertiary/aromatic N) is 2. The van der Waals surface area contributed by atoms with Crippen LogP contribution in [-0.4, -0.2) is 25.1 Å². The molecule has 0 aromatic carbocycles. The molecular weight excluding hydrogens is 217 g/mol. The van der Waals surface area contributed by atoms with Crippen LogP contribution in [-0.2, 0) is 6.54 Å². The van der Waals surface area contributed by atoms with Crippen molar-refractivity contribution in [3.63, 3.8) is 0 Å². The highest BCUT2D eigenvalue weighted by Gasteiger charge is 2.09. The molecule has 17 heavy (non-hydrogen) atoms. The summed E-state index contributed by atoms with van der Waals surface area (Å²) in [6.45, 7) is 6.77. The maximum Gasteiger partial charge on any atom is 0.141 e. The van der Waals surface area contributed by atoms with Crippen molar-refractivity contribution in [1.82, 2.24) is 10.3 Å². The molecule has 0 spiro atoms. The lowest BCUT2D eigenvalue weighted by Crippen LogP contribution is -2.23. The van der Waals surface area contributed by atoms with Crippen molar-refractivity contribution in [1.29, 1.82) is 0 Å². The summed E-state index contributed by atoms with van der Waals surface area (Å²) in [5.41, 5.74) is 0.925. The monoisotopic (exact) mass is 239 g/mol. The van der Waals surface area contributed by atoms with Crippen LogP contribution >= 0.6 is 0 Å². The number of rotatable bonds is 7. The third-order valence-corrected chi connectivity index (χ3v) is 2.57. The molecular formula is C13H22FN3. The summed E-state index contributed by atoms with van der Waals surface area (Å²) in [6, 6.07) is 1.57. The van der Waals surface area contributed by atoms with Crippen LogP contribution < -0.4 is 10.2 Å². The predicted molar refractivity (Wildman–Crippen MR) is 69.8 cm³/mol. The molecule has 0 atom stereocenters.